The number of nitrogen functional groups attached to an aromatic ring is 1. The van der Waals surface area contributed by atoms with Gasteiger partial charge < -0.3 is 5.73 Å². The Morgan fingerprint density at radius 1 is 1.17 bits per heavy atom. The fourth-order valence-corrected chi connectivity index (χ4v) is 4.84. The van der Waals surface area contributed by atoms with Crippen LogP contribution in [0.5, 0.6) is 0 Å². The van der Waals surface area contributed by atoms with Crippen LogP contribution in [0, 0.1) is 11.8 Å². The first-order valence-corrected chi connectivity index (χ1v) is 12.4. The lowest BCUT2D eigenvalue weighted by molar-refractivity contribution is 0.0946. The number of likely N-dealkylation sites (tertiary alicyclic amines) is 1. The van der Waals surface area contributed by atoms with Gasteiger partial charge in [-0.25, -0.2) is 10.1 Å². The minimum atomic E-state index is -0.423. The fraction of sp³-hybridized carbons (Fsp3) is 0.440. The summed E-state index contributed by atoms with van der Waals surface area (Å²) in [6, 6.07) is 10.6. The second-order valence-electron chi connectivity index (χ2n) is 9.44. The van der Waals surface area contributed by atoms with E-state index in [1.807, 2.05) is 6.07 Å². The summed E-state index contributed by atoms with van der Waals surface area (Å²) in [7, 11) is 0. The van der Waals surface area contributed by atoms with Crippen molar-refractivity contribution in [3.05, 3.63) is 59.4 Å². The number of nitrogens with zero attached hydrogens (tertiary/aromatic N) is 7. The maximum Gasteiger partial charge on any atom is 0.293 e. The average Bonchev–Trinajstić information content (AvgIpc) is 3.52. The number of carbonyl (C=O) groups excluding carboxylic acids is 1. The zero-order valence-corrected chi connectivity index (χ0v) is 20.2. The van der Waals surface area contributed by atoms with Crippen LogP contribution in [-0.2, 0) is 13.0 Å². The van der Waals surface area contributed by atoms with Crippen molar-refractivity contribution in [1.29, 1.82) is 0 Å². The second kappa shape index (κ2) is 11.3. The zero-order valence-electron chi connectivity index (χ0n) is 20.2. The third-order valence-electron chi connectivity index (χ3n) is 6.88. The number of piperidine rings is 1. The van der Waals surface area contributed by atoms with Gasteiger partial charge in [-0.3, -0.25) is 9.69 Å². The number of hydrogen-bond acceptors (Lipinski definition) is 9. The molecule has 1 aliphatic heterocycles. The molecule has 36 heavy (non-hydrogen) atoms. The van der Waals surface area contributed by atoms with Crippen LogP contribution in [0.4, 0.5) is 5.82 Å². The Balaban J connectivity index is 1.27. The van der Waals surface area contributed by atoms with Gasteiger partial charge in [-0.15, -0.1) is 5.10 Å². The van der Waals surface area contributed by atoms with Crippen LogP contribution >= 0.6 is 0 Å². The average molecular weight is 490 g/mol. The maximum absolute atomic E-state index is 13.0. The largest absolute Gasteiger partial charge is 0.378 e. The Kier molecular flexibility index (Phi) is 7.46. The Labute approximate surface area is 209 Å². The molecule has 3 heterocycles. The number of benzene rings is 1. The van der Waals surface area contributed by atoms with Crippen molar-refractivity contribution in [2.24, 2.45) is 16.9 Å². The molecule has 0 bridgehead atoms. The summed E-state index contributed by atoms with van der Waals surface area (Å²) in [6.07, 6.45) is 12.3. The van der Waals surface area contributed by atoms with Gasteiger partial charge in [0.25, 0.3) is 5.91 Å². The van der Waals surface area contributed by atoms with E-state index in [0.717, 1.165) is 51.6 Å². The molecule has 3 aromatic rings. The van der Waals surface area contributed by atoms with Gasteiger partial charge in [-0.05, 0) is 79.3 Å². The van der Waals surface area contributed by atoms with Crippen LogP contribution in [0.3, 0.4) is 0 Å². The van der Waals surface area contributed by atoms with Gasteiger partial charge >= 0.3 is 0 Å². The number of hydrogen-bond donors (Lipinski definition) is 2. The van der Waals surface area contributed by atoms with Crippen molar-refractivity contribution in [2.45, 2.75) is 45.1 Å². The monoisotopic (exact) mass is 489 g/mol. The molecule has 188 valence electrons. The third kappa shape index (κ3) is 5.68. The van der Waals surface area contributed by atoms with Crippen LogP contribution in [-0.4, -0.2) is 55.4 Å². The van der Waals surface area contributed by atoms with E-state index in [2.05, 4.69) is 72.5 Å². The molecule has 0 saturated carbocycles. The van der Waals surface area contributed by atoms with Gasteiger partial charge in [0, 0.05) is 12.8 Å². The van der Waals surface area contributed by atoms with Gasteiger partial charge in [-0.1, -0.05) is 47.7 Å². The SMILES string of the molecule is Nc1nonc1-n1nnc(C(=O)N/N=C/C2CC=CCC2)c1CN1CCC(Cc2ccccc2)CC1. The Morgan fingerprint density at radius 2 is 2.00 bits per heavy atom. The molecule has 1 aliphatic carbocycles. The summed E-state index contributed by atoms with van der Waals surface area (Å²) >= 11 is 0. The predicted octanol–water partition coefficient (Wildman–Crippen LogP) is 2.76. The molecule has 0 radical (unpaired) electrons. The first-order chi connectivity index (χ1) is 17.7. The lowest BCUT2D eigenvalue weighted by Gasteiger charge is -2.32. The molecule has 2 aromatic heterocycles. The van der Waals surface area contributed by atoms with Gasteiger partial charge in [0.1, 0.15) is 0 Å². The van der Waals surface area contributed by atoms with Gasteiger partial charge in [-0.2, -0.15) is 9.78 Å². The summed E-state index contributed by atoms with van der Waals surface area (Å²) in [6.45, 7) is 2.28. The maximum atomic E-state index is 13.0. The number of rotatable bonds is 8. The number of amides is 1. The summed E-state index contributed by atoms with van der Waals surface area (Å²) in [5, 5.41) is 20.0. The highest BCUT2D eigenvalue weighted by atomic mass is 16.6. The molecule has 1 saturated heterocycles. The lowest BCUT2D eigenvalue weighted by atomic mass is 9.90. The zero-order chi connectivity index (χ0) is 24.7. The molecule has 2 aliphatic rings. The number of nitrogens with one attached hydrogen (secondary N) is 1. The van der Waals surface area contributed by atoms with Crippen LogP contribution in [0.25, 0.3) is 5.82 Å². The van der Waals surface area contributed by atoms with E-state index in [1.165, 1.54) is 10.2 Å². The molecular formula is C25H31N9O2. The summed E-state index contributed by atoms with van der Waals surface area (Å²) in [5.74, 6) is 0.830. The van der Waals surface area contributed by atoms with Crippen molar-refractivity contribution >= 4 is 17.9 Å². The third-order valence-corrected chi connectivity index (χ3v) is 6.88. The highest BCUT2D eigenvalue weighted by Gasteiger charge is 2.27. The van der Waals surface area contributed by atoms with Gasteiger partial charge in [0.05, 0.1) is 5.69 Å². The van der Waals surface area contributed by atoms with E-state index in [4.69, 9.17) is 10.4 Å². The topological polar surface area (TPSA) is 140 Å². The van der Waals surface area contributed by atoms with Crippen LogP contribution < -0.4 is 11.2 Å². The first-order valence-electron chi connectivity index (χ1n) is 12.4. The van der Waals surface area contributed by atoms with E-state index < -0.39 is 5.91 Å². The molecule has 1 amide bonds. The standard InChI is InChI=1S/C25H31N9O2/c26-23-24(31-36-30-23)34-21(17-33-13-11-19(12-14-33)15-18-7-3-1-4-8-18)22(28-32-34)25(35)29-27-16-20-9-5-2-6-10-20/h1-5,7-8,16,19-20H,6,9-15,17H2,(H2,26,30)(H,29,35)/b27-16+. The molecule has 0 spiro atoms. The van der Waals surface area contributed by atoms with Gasteiger partial charge in [0.15, 0.2) is 5.69 Å². The van der Waals surface area contributed by atoms with E-state index in [-0.39, 0.29) is 17.3 Å². The molecular weight excluding hydrogens is 458 g/mol. The van der Waals surface area contributed by atoms with E-state index >= 15 is 0 Å². The molecule has 11 nitrogen and oxygen atoms in total. The molecule has 1 fully saturated rings. The Hall–Kier alpha value is -3.86. The molecule has 1 aromatic carbocycles. The van der Waals surface area contributed by atoms with Crippen molar-refractivity contribution in [2.75, 3.05) is 18.8 Å². The van der Waals surface area contributed by atoms with Crippen LogP contribution in [0.15, 0.2) is 52.2 Å². The van der Waals surface area contributed by atoms with Gasteiger partial charge in [0.2, 0.25) is 11.6 Å². The Morgan fingerprint density at radius 3 is 2.72 bits per heavy atom. The minimum absolute atomic E-state index is 0.0815. The fourth-order valence-electron chi connectivity index (χ4n) is 4.84. The molecule has 1 atom stereocenters. The van der Waals surface area contributed by atoms with E-state index in [1.54, 1.807) is 6.21 Å². The number of allylic oxidation sites excluding steroid dienone is 2. The smallest absolute Gasteiger partial charge is 0.293 e. The second-order valence-corrected chi connectivity index (χ2v) is 9.44. The first kappa shape index (κ1) is 23.9. The molecule has 11 heteroatoms. The highest BCUT2D eigenvalue weighted by Crippen LogP contribution is 2.24. The summed E-state index contributed by atoms with van der Waals surface area (Å²) < 4.78 is 6.20. The van der Waals surface area contributed by atoms with Crippen molar-refractivity contribution < 1.29 is 9.42 Å². The van der Waals surface area contributed by atoms with E-state index in [0.29, 0.717) is 24.1 Å². The molecule has 5 rings (SSSR count). The number of aromatic nitrogens is 5. The Bertz CT molecular complexity index is 1210. The van der Waals surface area contributed by atoms with Crippen molar-refractivity contribution in [1.82, 2.24) is 35.6 Å². The number of anilines is 1. The normalized spacial score (nSPS) is 19.2. The highest BCUT2D eigenvalue weighted by molar-refractivity contribution is 5.93. The summed E-state index contributed by atoms with van der Waals surface area (Å²) in [4.78, 5) is 15.3. The van der Waals surface area contributed by atoms with E-state index in [9.17, 15) is 4.79 Å². The summed E-state index contributed by atoms with van der Waals surface area (Å²) in [5.41, 5.74) is 10.7. The molecule has 1 unspecified atom stereocenters. The number of carbonyl (C=O) groups is 1. The lowest BCUT2D eigenvalue weighted by Crippen LogP contribution is -2.35. The van der Waals surface area contributed by atoms with Crippen molar-refractivity contribution in [3.8, 4) is 5.82 Å². The molecule has 3 N–H and O–H groups in total. The van der Waals surface area contributed by atoms with Crippen LogP contribution in [0.1, 0.15) is 53.8 Å². The predicted molar refractivity (Wildman–Crippen MR) is 134 cm³/mol. The number of hydrazone groups is 1. The number of nitrogens with two attached hydrogens (primary N) is 1. The van der Waals surface area contributed by atoms with Crippen molar-refractivity contribution in [3.63, 3.8) is 0 Å². The minimum Gasteiger partial charge on any atom is -0.378 e. The van der Waals surface area contributed by atoms with Crippen LogP contribution in [0.2, 0.25) is 0 Å². The quantitative estimate of drug-likeness (QED) is 0.280.